The molecule has 0 amide bonds. The lowest BCUT2D eigenvalue weighted by atomic mass is 10.2. The summed E-state index contributed by atoms with van der Waals surface area (Å²) in [4.78, 5) is 0. The molecule has 0 aliphatic heterocycles. The Morgan fingerprint density at radius 1 is 1.00 bits per heavy atom. The molecule has 1 aromatic heterocycles. The van der Waals surface area contributed by atoms with Gasteiger partial charge in [-0.25, -0.2) is 0 Å². The predicted molar refractivity (Wildman–Crippen MR) is 68.1 cm³/mol. The molecule has 0 radical (unpaired) electrons. The van der Waals surface area contributed by atoms with E-state index in [0.29, 0.717) is 5.69 Å². The highest BCUT2D eigenvalue weighted by atomic mass is 32.5. The summed E-state index contributed by atoms with van der Waals surface area (Å²) in [5.41, 5.74) is 1.24. The lowest BCUT2D eigenvalue weighted by Crippen LogP contribution is -2.13. The second-order valence-electron chi connectivity index (χ2n) is 4.42. The monoisotopic (exact) mass is 313 g/mol. The van der Waals surface area contributed by atoms with E-state index in [0.717, 1.165) is 10.2 Å². The van der Waals surface area contributed by atoms with Gasteiger partial charge in [-0.2, -0.15) is 0 Å². The van der Waals surface area contributed by atoms with Gasteiger partial charge in [0.15, 0.2) is 0 Å². The zero-order chi connectivity index (χ0) is 14.9. The minimum absolute atomic E-state index is 0.258. The average molecular weight is 313 g/mol. The standard InChI is InChI=1S/C11H12F5N3S/c12-20(13,14,15,16)8-4-7-19-9-11(17-18-19)10-5-2-1-3-6-10/h1-3,5-6,9H,4,7-8H2. The van der Waals surface area contributed by atoms with Crippen LogP contribution in [0.5, 0.6) is 0 Å². The second-order valence-corrected chi connectivity index (χ2v) is 7.09. The summed E-state index contributed by atoms with van der Waals surface area (Å²) in [6, 6.07) is 8.90. The fraction of sp³-hybridized carbons (Fsp3) is 0.273. The van der Waals surface area contributed by atoms with Gasteiger partial charge in [0.25, 0.3) is 10.2 Å². The molecule has 0 N–H and O–H groups in total. The molecular weight excluding hydrogens is 301 g/mol. The third-order valence-corrected chi connectivity index (χ3v) is 3.59. The Morgan fingerprint density at radius 3 is 2.25 bits per heavy atom. The molecule has 20 heavy (non-hydrogen) atoms. The third-order valence-electron chi connectivity index (χ3n) is 2.53. The summed E-state index contributed by atoms with van der Waals surface area (Å²) in [6.07, 6.45) is 0.705. The molecule has 3 nitrogen and oxygen atoms in total. The molecule has 0 saturated carbocycles. The second kappa shape index (κ2) is 4.18. The first-order valence-corrected chi connectivity index (χ1v) is 7.83. The molecule has 0 aliphatic rings. The highest BCUT2D eigenvalue weighted by Gasteiger charge is 2.62. The Bertz CT molecular complexity index is 593. The Labute approximate surface area is 112 Å². The minimum Gasteiger partial charge on any atom is -0.252 e. The zero-order valence-corrected chi connectivity index (χ0v) is 11.0. The third kappa shape index (κ3) is 4.80. The maximum atomic E-state index is 12.1. The summed E-state index contributed by atoms with van der Waals surface area (Å²) < 4.78 is 61.8. The topological polar surface area (TPSA) is 30.7 Å². The van der Waals surface area contributed by atoms with Gasteiger partial charge in [-0.3, -0.25) is 4.68 Å². The van der Waals surface area contributed by atoms with Crippen LogP contribution in [0.1, 0.15) is 6.42 Å². The Balaban J connectivity index is 1.98. The SMILES string of the molecule is FS(F)(F)(F)(F)CCCn1cc(-c2ccccc2)nn1. The molecule has 1 aromatic carbocycles. The summed E-state index contributed by atoms with van der Waals surface area (Å²) in [5, 5.41) is 7.42. The van der Waals surface area contributed by atoms with Gasteiger partial charge >= 0.3 is 0 Å². The fourth-order valence-electron chi connectivity index (χ4n) is 1.65. The van der Waals surface area contributed by atoms with Crippen LogP contribution in [-0.2, 0) is 6.54 Å². The van der Waals surface area contributed by atoms with Gasteiger partial charge in [-0.15, -0.1) is 5.10 Å². The molecule has 2 aromatic rings. The van der Waals surface area contributed by atoms with Gasteiger partial charge in [-0.05, 0) is 6.42 Å². The highest BCUT2D eigenvalue weighted by Crippen LogP contribution is 2.97. The van der Waals surface area contributed by atoms with Crippen LogP contribution in [0.2, 0.25) is 0 Å². The fourth-order valence-corrected chi connectivity index (χ4v) is 2.32. The molecule has 0 spiro atoms. The van der Waals surface area contributed by atoms with Crippen molar-refractivity contribution in [1.29, 1.82) is 0 Å². The largest absolute Gasteiger partial charge is 0.285 e. The van der Waals surface area contributed by atoms with E-state index >= 15 is 0 Å². The Kier molecular flexibility index (Phi) is 3.08. The summed E-state index contributed by atoms with van der Waals surface area (Å²) in [6.45, 7) is -0.258. The summed E-state index contributed by atoms with van der Waals surface area (Å²) in [7, 11) is -9.32. The van der Waals surface area contributed by atoms with Crippen molar-refractivity contribution in [1.82, 2.24) is 15.0 Å². The number of nitrogens with zero attached hydrogens (tertiary/aromatic N) is 3. The van der Waals surface area contributed by atoms with Crippen molar-refractivity contribution in [2.75, 3.05) is 5.75 Å². The summed E-state index contributed by atoms with van der Waals surface area (Å²) in [5.74, 6) is -2.08. The van der Waals surface area contributed by atoms with Crippen molar-refractivity contribution in [2.45, 2.75) is 13.0 Å². The maximum absolute atomic E-state index is 12.1. The molecular formula is C11H12F5N3S. The molecule has 0 unspecified atom stereocenters. The number of hydrogen-bond donors (Lipinski definition) is 0. The molecule has 1 heterocycles. The van der Waals surface area contributed by atoms with Gasteiger partial charge in [0.05, 0.1) is 11.9 Å². The number of rotatable bonds is 5. The van der Waals surface area contributed by atoms with Crippen molar-refractivity contribution in [2.24, 2.45) is 0 Å². The summed E-state index contributed by atoms with van der Waals surface area (Å²) >= 11 is 0. The van der Waals surface area contributed by atoms with Crippen LogP contribution in [-0.4, -0.2) is 20.7 Å². The van der Waals surface area contributed by atoms with E-state index in [1.54, 1.807) is 24.3 Å². The van der Waals surface area contributed by atoms with Crippen LogP contribution in [0.3, 0.4) is 0 Å². The van der Waals surface area contributed by atoms with Gasteiger partial charge in [0.1, 0.15) is 5.69 Å². The Morgan fingerprint density at radius 2 is 1.65 bits per heavy atom. The molecule has 0 atom stereocenters. The van der Waals surface area contributed by atoms with E-state index in [4.69, 9.17) is 0 Å². The molecule has 0 saturated heterocycles. The average Bonchev–Trinajstić information content (AvgIpc) is 2.75. The molecule has 0 aliphatic carbocycles. The van der Waals surface area contributed by atoms with E-state index in [1.807, 2.05) is 6.07 Å². The van der Waals surface area contributed by atoms with E-state index in [1.165, 1.54) is 6.20 Å². The van der Waals surface area contributed by atoms with E-state index in [9.17, 15) is 19.4 Å². The van der Waals surface area contributed by atoms with Crippen molar-refractivity contribution in [3.63, 3.8) is 0 Å². The molecule has 2 rings (SSSR count). The first-order valence-electron chi connectivity index (χ1n) is 5.71. The number of benzene rings is 1. The van der Waals surface area contributed by atoms with Gasteiger partial charge in [0, 0.05) is 12.1 Å². The smallest absolute Gasteiger partial charge is 0.252 e. The molecule has 0 fully saturated rings. The molecule has 112 valence electrons. The quantitative estimate of drug-likeness (QED) is 0.753. The van der Waals surface area contributed by atoms with Crippen molar-refractivity contribution in [3.05, 3.63) is 36.5 Å². The lowest BCUT2D eigenvalue weighted by molar-refractivity contribution is 0.359. The van der Waals surface area contributed by atoms with E-state index in [-0.39, 0.29) is 6.54 Å². The van der Waals surface area contributed by atoms with Crippen LogP contribution >= 0.6 is 10.2 Å². The minimum atomic E-state index is -9.32. The molecule has 0 bridgehead atoms. The number of aryl methyl sites for hydroxylation is 1. The van der Waals surface area contributed by atoms with Gasteiger partial charge < -0.3 is 0 Å². The van der Waals surface area contributed by atoms with Crippen LogP contribution in [0, 0.1) is 0 Å². The number of halogens is 5. The number of aromatic nitrogens is 3. The van der Waals surface area contributed by atoms with Gasteiger partial charge in [0.2, 0.25) is 0 Å². The van der Waals surface area contributed by atoms with Crippen molar-refractivity contribution in [3.8, 4) is 11.3 Å². The van der Waals surface area contributed by atoms with Crippen molar-refractivity contribution < 1.29 is 19.4 Å². The highest BCUT2D eigenvalue weighted by molar-refractivity contribution is 8.45. The van der Waals surface area contributed by atoms with Crippen LogP contribution in [0.15, 0.2) is 36.5 Å². The maximum Gasteiger partial charge on any atom is 0.285 e. The molecule has 9 heteroatoms. The zero-order valence-electron chi connectivity index (χ0n) is 10.2. The Hall–Kier alpha value is -1.64. The predicted octanol–water partition coefficient (Wildman–Crippen LogP) is 4.63. The normalized spacial score (nSPS) is 15.7. The van der Waals surface area contributed by atoms with Crippen molar-refractivity contribution >= 4 is 10.2 Å². The number of hydrogen-bond acceptors (Lipinski definition) is 2. The van der Waals surface area contributed by atoms with E-state index in [2.05, 4.69) is 10.3 Å². The first kappa shape index (κ1) is 14.8. The van der Waals surface area contributed by atoms with Gasteiger partial charge in [-0.1, -0.05) is 55.0 Å². The van der Waals surface area contributed by atoms with Crippen LogP contribution in [0.25, 0.3) is 11.3 Å². The van der Waals surface area contributed by atoms with Crippen LogP contribution < -0.4 is 0 Å². The lowest BCUT2D eigenvalue weighted by Gasteiger charge is -2.40. The van der Waals surface area contributed by atoms with Crippen LogP contribution in [0.4, 0.5) is 19.4 Å². The van der Waals surface area contributed by atoms with E-state index < -0.39 is 22.4 Å². The first-order chi connectivity index (χ1) is 9.02.